The highest BCUT2D eigenvalue weighted by atomic mass is 16.7. The average Bonchev–Trinajstić information content (AvgIpc) is 2.87. The van der Waals surface area contributed by atoms with Gasteiger partial charge in [0.05, 0.1) is 0 Å². The van der Waals surface area contributed by atoms with Crippen molar-refractivity contribution in [2.24, 2.45) is 5.92 Å². The van der Waals surface area contributed by atoms with Gasteiger partial charge in [-0.15, -0.1) is 0 Å². The third-order valence-electron chi connectivity index (χ3n) is 3.81. The third kappa shape index (κ3) is 2.44. The zero-order chi connectivity index (χ0) is 12.4. The van der Waals surface area contributed by atoms with Gasteiger partial charge in [0, 0.05) is 13.2 Å². The van der Waals surface area contributed by atoms with E-state index in [0.717, 1.165) is 44.0 Å². The van der Waals surface area contributed by atoms with E-state index in [1.807, 2.05) is 6.07 Å². The minimum Gasteiger partial charge on any atom is -0.454 e. The van der Waals surface area contributed by atoms with Crippen molar-refractivity contribution in [2.75, 3.05) is 26.5 Å². The number of benzene rings is 1. The maximum Gasteiger partial charge on any atom is 0.231 e. The highest BCUT2D eigenvalue weighted by Crippen LogP contribution is 2.33. The van der Waals surface area contributed by atoms with Crippen LogP contribution in [0.2, 0.25) is 0 Å². The molecule has 0 saturated carbocycles. The van der Waals surface area contributed by atoms with Crippen molar-refractivity contribution in [3.63, 3.8) is 0 Å². The summed E-state index contributed by atoms with van der Waals surface area (Å²) < 4.78 is 10.7. The minimum atomic E-state index is 0.331. The Balaban J connectivity index is 1.60. The summed E-state index contributed by atoms with van der Waals surface area (Å²) in [6.07, 6.45) is 2.20. The average molecular weight is 249 g/mol. The fourth-order valence-corrected chi connectivity index (χ4v) is 2.62. The van der Waals surface area contributed by atoms with Crippen LogP contribution in [0.1, 0.15) is 18.4 Å². The van der Waals surface area contributed by atoms with Crippen LogP contribution in [0.4, 0.5) is 0 Å². The first-order valence-electron chi connectivity index (χ1n) is 6.57. The quantitative estimate of drug-likeness (QED) is 0.884. The molecule has 1 fully saturated rings. The third-order valence-corrected chi connectivity index (χ3v) is 3.81. The molecule has 2 heterocycles. The largest absolute Gasteiger partial charge is 0.454 e. The number of piperidine rings is 1. The summed E-state index contributed by atoms with van der Waals surface area (Å²) in [5, 5.41) is 9.12. The fourth-order valence-electron chi connectivity index (χ4n) is 2.62. The predicted octanol–water partition coefficient (Wildman–Crippen LogP) is 1.62. The molecule has 4 heteroatoms. The number of aliphatic hydroxyl groups is 1. The lowest BCUT2D eigenvalue weighted by atomic mass is 9.97. The Morgan fingerprint density at radius 1 is 1.17 bits per heavy atom. The van der Waals surface area contributed by atoms with Crippen LogP contribution in [0.15, 0.2) is 18.2 Å². The van der Waals surface area contributed by atoms with Gasteiger partial charge in [0.15, 0.2) is 11.5 Å². The van der Waals surface area contributed by atoms with Gasteiger partial charge in [-0.1, -0.05) is 6.07 Å². The number of hydrogen-bond acceptors (Lipinski definition) is 4. The second-order valence-corrected chi connectivity index (χ2v) is 5.09. The number of likely N-dealkylation sites (tertiary alicyclic amines) is 1. The molecule has 1 N–H and O–H groups in total. The number of hydrogen-bond donors (Lipinski definition) is 1. The lowest BCUT2D eigenvalue weighted by Crippen LogP contribution is -2.34. The number of aliphatic hydroxyl groups excluding tert-OH is 1. The van der Waals surface area contributed by atoms with Crippen LogP contribution in [0.5, 0.6) is 11.5 Å². The monoisotopic (exact) mass is 249 g/mol. The summed E-state index contributed by atoms with van der Waals surface area (Å²) in [4.78, 5) is 2.43. The van der Waals surface area contributed by atoms with Gasteiger partial charge in [0.25, 0.3) is 0 Å². The molecular weight excluding hydrogens is 230 g/mol. The molecule has 0 bridgehead atoms. The van der Waals surface area contributed by atoms with E-state index in [2.05, 4.69) is 17.0 Å². The first kappa shape index (κ1) is 11.8. The Morgan fingerprint density at radius 3 is 2.72 bits per heavy atom. The van der Waals surface area contributed by atoms with Crippen molar-refractivity contribution in [3.05, 3.63) is 23.8 Å². The molecule has 2 aliphatic heterocycles. The van der Waals surface area contributed by atoms with Gasteiger partial charge < -0.3 is 14.6 Å². The van der Waals surface area contributed by atoms with Gasteiger partial charge in [-0.2, -0.15) is 0 Å². The molecule has 1 aromatic rings. The topological polar surface area (TPSA) is 41.9 Å². The van der Waals surface area contributed by atoms with Crippen molar-refractivity contribution in [1.82, 2.24) is 4.90 Å². The summed E-state index contributed by atoms with van der Waals surface area (Å²) >= 11 is 0. The molecule has 98 valence electrons. The molecular formula is C14H19NO3. The Labute approximate surface area is 107 Å². The highest BCUT2D eigenvalue weighted by molar-refractivity contribution is 5.44. The summed E-state index contributed by atoms with van der Waals surface area (Å²) in [6, 6.07) is 6.16. The fraction of sp³-hybridized carbons (Fsp3) is 0.571. The van der Waals surface area contributed by atoms with Crippen LogP contribution in [-0.4, -0.2) is 36.5 Å². The molecule has 0 unspecified atom stereocenters. The van der Waals surface area contributed by atoms with E-state index in [-0.39, 0.29) is 0 Å². The molecule has 4 nitrogen and oxygen atoms in total. The van der Waals surface area contributed by atoms with Gasteiger partial charge in [0.1, 0.15) is 0 Å². The Hall–Kier alpha value is -1.26. The van der Waals surface area contributed by atoms with Crippen molar-refractivity contribution in [3.8, 4) is 11.5 Å². The lowest BCUT2D eigenvalue weighted by Gasteiger charge is -2.31. The minimum absolute atomic E-state index is 0.331. The molecule has 0 amide bonds. The second-order valence-electron chi connectivity index (χ2n) is 5.09. The van der Waals surface area contributed by atoms with Crippen molar-refractivity contribution >= 4 is 0 Å². The van der Waals surface area contributed by atoms with Gasteiger partial charge in [-0.05, 0) is 49.5 Å². The van der Waals surface area contributed by atoms with Gasteiger partial charge in [0.2, 0.25) is 6.79 Å². The summed E-state index contributed by atoms with van der Waals surface area (Å²) in [5.74, 6) is 2.20. The van der Waals surface area contributed by atoms with Crippen LogP contribution >= 0.6 is 0 Å². The standard InChI is InChI=1S/C14H19NO3/c16-9-11-3-5-15(6-4-11)8-12-1-2-13-14(7-12)18-10-17-13/h1-2,7,11,16H,3-6,8-10H2. The van der Waals surface area contributed by atoms with E-state index in [1.165, 1.54) is 5.56 Å². The molecule has 0 aromatic heterocycles. The van der Waals surface area contributed by atoms with Crippen molar-refractivity contribution < 1.29 is 14.6 Å². The molecule has 3 rings (SSSR count). The number of nitrogens with zero attached hydrogens (tertiary/aromatic N) is 1. The molecule has 0 radical (unpaired) electrons. The molecule has 0 spiro atoms. The van der Waals surface area contributed by atoms with Crippen LogP contribution in [0, 0.1) is 5.92 Å². The lowest BCUT2D eigenvalue weighted by molar-refractivity contribution is 0.127. The van der Waals surface area contributed by atoms with E-state index in [0.29, 0.717) is 19.3 Å². The van der Waals surface area contributed by atoms with Gasteiger partial charge in [-0.25, -0.2) is 0 Å². The smallest absolute Gasteiger partial charge is 0.231 e. The van der Waals surface area contributed by atoms with Gasteiger partial charge in [-0.3, -0.25) is 4.90 Å². The van der Waals surface area contributed by atoms with Crippen LogP contribution < -0.4 is 9.47 Å². The molecule has 1 aromatic carbocycles. The van der Waals surface area contributed by atoms with E-state index >= 15 is 0 Å². The molecule has 0 aliphatic carbocycles. The van der Waals surface area contributed by atoms with Crippen LogP contribution in [-0.2, 0) is 6.54 Å². The maximum atomic E-state index is 9.12. The normalized spacial score (nSPS) is 20.3. The van der Waals surface area contributed by atoms with Crippen molar-refractivity contribution in [2.45, 2.75) is 19.4 Å². The summed E-state index contributed by atoms with van der Waals surface area (Å²) in [5.41, 5.74) is 1.27. The van der Waals surface area contributed by atoms with Crippen LogP contribution in [0.3, 0.4) is 0 Å². The SMILES string of the molecule is OCC1CCN(Cc2ccc3c(c2)OCO3)CC1. The molecule has 1 saturated heterocycles. The number of ether oxygens (including phenoxy) is 2. The van der Waals surface area contributed by atoms with Crippen molar-refractivity contribution in [1.29, 1.82) is 0 Å². The zero-order valence-corrected chi connectivity index (χ0v) is 10.5. The first-order valence-corrected chi connectivity index (χ1v) is 6.57. The van der Waals surface area contributed by atoms with E-state index in [1.54, 1.807) is 0 Å². The molecule has 0 atom stereocenters. The number of rotatable bonds is 3. The second kappa shape index (κ2) is 5.16. The summed E-state index contributed by atoms with van der Waals surface area (Å²) in [7, 11) is 0. The zero-order valence-electron chi connectivity index (χ0n) is 10.5. The number of fused-ring (bicyclic) bond motifs is 1. The molecule has 2 aliphatic rings. The first-order chi connectivity index (χ1) is 8.85. The maximum absolute atomic E-state index is 9.12. The summed E-state index contributed by atoms with van der Waals surface area (Å²) in [6.45, 7) is 3.76. The van der Waals surface area contributed by atoms with E-state index in [4.69, 9.17) is 14.6 Å². The Bertz CT molecular complexity index is 414. The van der Waals surface area contributed by atoms with Crippen LogP contribution in [0.25, 0.3) is 0 Å². The predicted molar refractivity (Wildman–Crippen MR) is 67.7 cm³/mol. The molecule has 18 heavy (non-hydrogen) atoms. The Kier molecular flexibility index (Phi) is 3.39. The van der Waals surface area contributed by atoms with E-state index in [9.17, 15) is 0 Å². The van der Waals surface area contributed by atoms with Gasteiger partial charge >= 0.3 is 0 Å². The van der Waals surface area contributed by atoms with E-state index < -0.39 is 0 Å². The highest BCUT2D eigenvalue weighted by Gasteiger charge is 2.19. The Morgan fingerprint density at radius 2 is 1.94 bits per heavy atom.